The van der Waals surface area contributed by atoms with Crippen LogP contribution in [0.15, 0.2) is 84.9 Å². The van der Waals surface area contributed by atoms with E-state index in [2.05, 4.69) is 34.5 Å². The van der Waals surface area contributed by atoms with Crippen LogP contribution in [-0.2, 0) is 6.54 Å². The summed E-state index contributed by atoms with van der Waals surface area (Å²) < 4.78 is 5.84. The Morgan fingerprint density at radius 2 is 1.52 bits per heavy atom. The van der Waals surface area contributed by atoms with Crippen LogP contribution < -0.4 is 10.1 Å². The van der Waals surface area contributed by atoms with Gasteiger partial charge in [-0.1, -0.05) is 54.6 Å². The van der Waals surface area contributed by atoms with Gasteiger partial charge >= 0.3 is 0 Å². The van der Waals surface area contributed by atoms with E-state index in [1.54, 1.807) is 6.07 Å². The van der Waals surface area contributed by atoms with Gasteiger partial charge in [0.2, 0.25) is 0 Å². The van der Waals surface area contributed by atoms with Gasteiger partial charge in [0, 0.05) is 31.2 Å². The van der Waals surface area contributed by atoms with Gasteiger partial charge in [-0.2, -0.15) is 0 Å². The molecule has 1 heterocycles. The Hall–Kier alpha value is -3.11. The molecule has 1 aliphatic rings. The standard InChI is InChI=1S/C25H26N2O2/c28-25(21-10-7-13-24(18-21)29-23-11-5-2-6-12-23)26-22-14-16-27(17-15-22)19-20-8-3-1-4-9-20/h1-13,18,22H,14-17,19H2,(H,26,28). The lowest BCUT2D eigenvalue weighted by molar-refractivity contribution is 0.0908. The lowest BCUT2D eigenvalue weighted by Crippen LogP contribution is -2.44. The Morgan fingerprint density at radius 1 is 0.862 bits per heavy atom. The third-order valence-corrected chi connectivity index (χ3v) is 5.25. The van der Waals surface area contributed by atoms with Crippen LogP contribution in [0.5, 0.6) is 11.5 Å². The summed E-state index contributed by atoms with van der Waals surface area (Å²) in [6.07, 6.45) is 1.94. The van der Waals surface area contributed by atoms with Crippen molar-refractivity contribution in [1.82, 2.24) is 10.2 Å². The maximum atomic E-state index is 12.7. The molecule has 29 heavy (non-hydrogen) atoms. The summed E-state index contributed by atoms with van der Waals surface area (Å²) in [6, 6.07) is 27.7. The van der Waals surface area contributed by atoms with Crippen LogP contribution in [0.1, 0.15) is 28.8 Å². The van der Waals surface area contributed by atoms with Crippen LogP contribution in [0.3, 0.4) is 0 Å². The first-order valence-corrected chi connectivity index (χ1v) is 10.2. The third kappa shape index (κ3) is 5.46. The molecule has 4 heteroatoms. The average Bonchev–Trinajstić information content (AvgIpc) is 2.77. The summed E-state index contributed by atoms with van der Waals surface area (Å²) in [6.45, 7) is 2.97. The molecule has 0 unspecified atom stereocenters. The number of nitrogens with zero attached hydrogens (tertiary/aromatic N) is 1. The SMILES string of the molecule is O=C(NC1CCN(Cc2ccccc2)CC1)c1cccc(Oc2ccccc2)c1. The molecule has 1 saturated heterocycles. The second-order valence-corrected chi connectivity index (χ2v) is 7.45. The minimum Gasteiger partial charge on any atom is -0.457 e. The Bertz CT molecular complexity index is 920. The number of likely N-dealkylation sites (tertiary alicyclic amines) is 1. The number of rotatable bonds is 6. The van der Waals surface area contributed by atoms with Gasteiger partial charge < -0.3 is 10.1 Å². The number of ether oxygens (including phenoxy) is 1. The van der Waals surface area contributed by atoms with Gasteiger partial charge in [-0.25, -0.2) is 0 Å². The molecular weight excluding hydrogens is 360 g/mol. The molecule has 0 aliphatic carbocycles. The molecule has 1 amide bonds. The fraction of sp³-hybridized carbons (Fsp3) is 0.240. The number of hydrogen-bond donors (Lipinski definition) is 1. The summed E-state index contributed by atoms with van der Waals surface area (Å²) in [4.78, 5) is 15.2. The molecule has 0 saturated carbocycles. The lowest BCUT2D eigenvalue weighted by Gasteiger charge is -2.32. The monoisotopic (exact) mass is 386 g/mol. The van der Waals surface area contributed by atoms with Crippen molar-refractivity contribution in [2.45, 2.75) is 25.4 Å². The van der Waals surface area contributed by atoms with Crippen LogP contribution >= 0.6 is 0 Å². The van der Waals surface area contributed by atoms with Crippen molar-refractivity contribution >= 4 is 5.91 Å². The molecule has 1 aliphatic heterocycles. The first-order valence-electron chi connectivity index (χ1n) is 10.2. The number of piperidine rings is 1. The zero-order valence-corrected chi connectivity index (χ0v) is 16.5. The lowest BCUT2D eigenvalue weighted by atomic mass is 10.0. The number of carbonyl (C=O) groups is 1. The predicted molar refractivity (Wildman–Crippen MR) is 115 cm³/mol. The molecule has 4 rings (SSSR count). The van der Waals surface area contributed by atoms with Gasteiger partial charge in [-0.3, -0.25) is 9.69 Å². The van der Waals surface area contributed by atoms with Crippen LogP contribution in [0.2, 0.25) is 0 Å². The molecule has 0 radical (unpaired) electrons. The maximum Gasteiger partial charge on any atom is 0.251 e. The Kier molecular flexibility index (Phi) is 6.22. The van der Waals surface area contributed by atoms with Crippen LogP contribution in [0.25, 0.3) is 0 Å². The number of hydrogen-bond acceptors (Lipinski definition) is 3. The quantitative estimate of drug-likeness (QED) is 0.657. The summed E-state index contributed by atoms with van der Waals surface area (Å²) in [5.74, 6) is 1.39. The van der Waals surface area contributed by atoms with Crippen molar-refractivity contribution < 1.29 is 9.53 Å². The highest BCUT2D eigenvalue weighted by Gasteiger charge is 2.21. The Morgan fingerprint density at radius 3 is 2.24 bits per heavy atom. The number of benzene rings is 3. The summed E-state index contributed by atoms with van der Waals surface area (Å²) >= 11 is 0. The summed E-state index contributed by atoms with van der Waals surface area (Å²) in [5.41, 5.74) is 1.97. The van der Waals surface area contributed by atoms with E-state index in [0.717, 1.165) is 38.2 Å². The van der Waals surface area contributed by atoms with Gasteiger partial charge in [-0.05, 0) is 48.7 Å². The molecule has 4 nitrogen and oxygen atoms in total. The zero-order chi connectivity index (χ0) is 19.9. The van der Waals surface area contributed by atoms with Crippen LogP contribution in [-0.4, -0.2) is 29.9 Å². The van der Waals surface area contributed by atoms with E-state index < -0.39 is 0 Å². The minimum absolute atomic E-state index is 0.0370. The number of para-hydroxylation sites is 1. The van der Waals surface area contributed by atoms with Gasteiger partial charge in [-0.15, -0.1) is 0 Å². The van der Waals surface area contributed by atoms with E-state index in [0.29, 0.717) is 11.3 Å². The van der Waals surface area contributed by atoms with Gasteiger partial charge in [0.25, 0.3) is 5.91 Å². The van der Waals surface area contributed by atoms with Crippen molar-refractivity contribution in [1.29, 1.82) is 0 Å². The van der Waals surface area contributed by atoms with Crippen molar-refractivity contribution in [2.24, 2.45) is 0 Å². The molecule has 0 atom stereocenters. The first-order chi connectivity index (χ1) is 14.3. The van der Waals surface area contributed by atoms with Gasteiger partial charge in [0.15, 0.2) is 0 Å². The van der Waals surface area contributed by atoms with Crippen molar-refractivity contribution in [3.8, 4) is 11.5 Å². The largest absolute Gasteiger partial charge is 0.457 e. The molecule has 1 fully saturated rings. The van der Waals surface area contributed by atoms with E-state index >= 15 is 0 Å². The fourth-order valence-corrected chi connectivity index (χ4v) is 3.67. The molecular formula is C25H26N2O2. The van der Waals surface area contributed by atoms with Crippen LogP contribution in [0, 0.1) is 0 Å². The second-order valence-electron chi connectivity index (χ2n) is 7.45. The Balaban J connectivity index is 1.29. The third-order valence-electron chi connectivity index (χ3n) is 5.25. The molecule has 3 aromatic carbocycles. The normalized spacial score (nSPS) is 15.0. The average molecular weight is 386 g/mol. The van der Waals surface area contributed by atoms with E-state index in [1.165, 1.54) is 5.56 Å². The van der Waals surface area contributed by atoms with E-state index in [9.17, 15) is 4.79 Å². The molecule has 3 aromatic rings. The topological polar surface area (TPSA) is 41.6 Å². The molecule has 0 aromatic heterocycles. The fourth-order valence-electron chi connectivity index (χ4n) is 3.67. The van der Waals surface area contributed by atoms with E-state index in [-0.39, 0.29) is 11.9 Å². The predicted octanol–water partition coefficient (Wildman–Crippen LogP) is 4.87. The summed E-state index contributed by atoms with van der Waals surface area (Å²) in [5, 5.41) is 3.19. The van der Waals surface area contributed by atoms with Gasteiger partial charge in [0.1, 0.15) is 11.5 Å². The highest BCUT2D eigenvalue weighted by Crippen LogP contribution is 2.22. The second kappa shape index (κ2) is 9.39. The Labute approximate surface area is 172 Å². The van der Waals surface area contributed by atoms with E-state index in [1.807, 2.05) is 54.6 Å². The van der Waals surface area contributed by atoms with Gasteiger partial charge in [0.05, 0.1) is 0 Å². The minimum atomic E-state index is -0.0370. The molecule has 148 valence electrons. The first kappa shape index (κ1) is 19.2. The number of amides is 1. The maximum absolute atomic E-state index is 12.7. The summed E-state index contributed by atoms with van der Waals surface area (Å²) in [7, 11) is 0. The van der Waals surface area contributed by atoms with Crippen molar-refractivity contribution in [3.05, 3.63) is 96.1 Å². The van der Waals surface area contributed by atoms with Crippen molar-refractivity contribution in [2.75, 3.05) is 13.1 Å². The number of nitrogens with one attached hydrogen (secondary N) is 1. The molecule has 1 N–H and O–H groups in total. The highest BCUT2D eigenvalue weighted by atomic mass is 16.5. The highest BCUT2D eigenvalue weighted by molar-refractivity contribution is 5.94. The van der Waals surface area contributed by atoms with E-state index in [4.69, 9.17) is 4.74 Å². The smallest absolute Gasteiger partial charge is 0.251 e. The van der Waals surface area contributed by atoms with Crippen LogP contribution in [0.4, 0.5) is 0 Å². The van der Waals surface area contributed by atoms with Crippen molar-refractivity contribution in [3.63, 3.8) is 0 Å². The number of carbonyl (C=O) groups excluding carboxylic acids is 1. The zero-order valence-electron chi connectivity index (χ0n) is 16.5. The molecule has 0 spiro atoms. The molecule has 0 bridgehead atoms.